The third-order valence-electron chi connectivity index (χ3n) is 5.23. The highest BCUT2D eigenvalue weighted by Crippen LogP contribution is 2.23. The van der Waals surface area contributed by atoms with Crippen LogP contribution in [0.25, 0.3) is 11.4 Å². The van der Waals surface area contributed by atoms with Crippen molar-refractivity contribution in [3.05, 3.63) is 95.4 Å². The first-order chi connectivity index (χ1) is 13.7. The largest absolute Gasteiger partial charge is 0.388 e. The van der Waals surface area contributed by atoms with Gasteiger partial charge in [-0.1, -0.05) is 36.5 Å². The molecule has 2 aliphatic rings. The fourth-order valence-corrected chi connectivity index (χ4v) is 3.61. The van der Waals surface area contributed by atoms with Crippen molar-refractivity contribution in [1.29, 1.82) is 0 Å². The Bertz CT molecular complexity index is 893. The van der Waals surface area contributed by atoms with Gasteiger partial charge >= 0.3 is 0 Å². The Morgan fingerprint density at radius 2 is 1.21 bits per heavy atom. The van der Waals surface area contributed by atoms with Crippen LogP contribution in [0.1, 0.15) is 24.0 Å². The van der Waals surface area contributed by atoms with Gasteiger partial charge in [-0.25, -0.2) is 0 Å². The number of aliphatic hydroxyl groups excluding tert-OH is 2. The lowest BCUT2D eigenvalue weighted by molar-refractivity contribution is 0.209. The van der Waals surface area contributed by atoms with Gasteiger partial charge in [0.15, 0.2) is 0 Å². The van der Waals surface area contributed by atoms with Gasteiger partial charge in [0.25, 0.3) is 0 Å². The molecule has 2 N–H and O–H groups in total. The molecule has 0 aromatic carbocycles. The standard InChI is InChI=1S/C24H24N2O2/c27-23(19-5-1-2-6-19)15-17-9-11-25-21(13-17)22-14-18(10-12-26-22)16-24(28)20-7-3-4-8-20/h1-5,7,9-14,23-24,27-28H,6,8,15-16H2. The van der Waals surface area contributed by atoms with Crippen molar-refractivity contribution in [2.24, 2.45) is 0 Å². The molecular weight excluding hydrogens is 348 g/mol. The van der Waals surface area contributed by atoms with Gasteiger partial charge in [0.1, 0.15) is 0 Å². The van der Waals surface area contributed by atoms with Crippen molar-refractivity contribution in [2.75, 3.05) is 0 Å². The van der Waals surface area contributed by atoms with Crippen LogP contribution in [0.5, 0.6) is 0 Å². The molecule has 28 heavy (non-hydrogen) atoms. The normalized spacial score (nSPS) is 17.5. The zero-order valence-corrected chi connectivity index (χ0v) is 15.7. The highest BCUT2D eigenvalue weighted by atomic mass is 16.3. The van der Waals surface area contributed by atoms with E-state index in [9.17, 15) is 10.2 Å². The molecule has 2 aliphatic carbocycles. The molecule has 4 rings (SSSR count). The average Bonchev–Trinajstić information content (AvgIpc) is 3.42. The number of allylic oxidation sites excluding steroid dienone is 6. The molecule has 0 saturated heterocycles. The van der Waals surface area contributed by atoms with Gasteiger partial charge in [-0.15, -0.1) is 0 Å². The van der Waals surface area contributed by atoms with Gasteiger partial charge in [-0.2, -0.15) is 0 Å². The number of pyridine rings is 2. The fourth-order valence-electron chi connectivity index (χ4n) is 3.61. The Hall–Kier alpha value is -2.82. The summed E-state index contributed by atoms with van der Waals surface area (Å²) in [4.78, 5) is 8.91. The molecule has 4 nitrogen and oxygen atoms in total. The predicted molar refractivity (Wildman–Crippen MR) is 111 cm³/mol. The van der Waals surface area contributed by atoms with E-state index in [0.29, 0.717) is 12.8 Å². The minimum absolute atomic E-state index is 0.479. The van der Waals surface area contributed by atoms with Crippen LogP contribution in [0.3, 0.4) is 0 Å². The summed E-state index contributed by atoms with van der Waals surface area (Å²) in [6.45, 7) is 0. The molecule has 142 valence electrons. The Morgan fingerprint density at radius 1 is 0.750 bits per heavy atom. The zero-order valence-electron chi connectivity index (χ0n) is 15.7. The molecule has 2 aromatic heterocycles. The van der Waals surface area contributed by atoms with Crippen LogP contribution in [0.15, 0.2) is 84.3 Å². The molecule has 0 fully saturated rings. The SMILES string of the molecule is OC(Cc1ccnc(-c2cc(CC(O)C3=CC=CC3)ccn2)c1)C1=CC=CC1. The van der Waals surface area contributed by atoms with Gasteiger partial charge in [-0.3, -0.25) is 9.97 Å². The highest BCUT2D eigenvalue weighted by molar-refractivity contribution is 5.56. The maximum atomic E-state index is 10.4. The number of nitrogens with zero attached hydrogens (tertiary/aromatic N) is 2. The second-order valence-corrected chi connectivity index (χ2v) is 7.29. The number of aliphatic hydroxyl groups is 2. The molecule has 0 spiro atoms. The van der Waals surface area contributed by atoms with E-state index in [2.05, 4.69) is 22.1 Å². The maximum Gasteiger partial charge on any atom is 0.0888 e. The second-order valence-electron chi connectivity index (χ2n) is 7.29. The molecule has 2 atom stereocenters. The molecular formula is C24H24N2O2. The zero-order chi connectivity index (χ0) is 19.3. The average molecular weight is 372 g/mol. The molecule has 0 bridgehead atoms. The van der Waals surface area contributed by atoms with Gasteiger partial charge in [0.2, 0.25) is 0 Å². The summed E-state index contributed by atoms with van der Waals surface area (Å²) in [6, 6.07) is 7.84. The van der Waals surface area contributed by atoms with E-state index in [-0.39, 0.29) is 0 Å². The van der Waals surface area contributed by atoms with Crippen molar-refractivity contribution < 1.29 is 10.2 Å². The topological polar surface area (TPSA) is 66.2 Å². The second kappa shape index (κ2) is 8.46. The number of hydrogen-bond acceptors (Lipinski definition) is 4. The lowest BCUT2D eigenvalue weighted by Gasteiger charge is -2.14. The van der Waals surface area contributed by atoms with Crippen LogP contribution in [0.4, 0.5) is 0 Å². The predicted octanol–water partition coefficient (Wildman–Crippen LogP) is 3.72. The van der Waals surface area contributed by atoms with E-state index in [1.54, 1.807) is 12.4 Å². The van der Waals surface area contributed by atoms with Crippen LogP contribution in [-0.4, -0.2) is 32.4 Å². The van der Waals surface area contributed by atoms with Crippen LogP contribution in [-0.2, 0) is 12.8 Å². The van der Waals surface area contributed by atoms with E-state index < -0.39 is 12.2 Å². The van der Waals surface area contributed by atoms with Gasteiger partial charge < -0.3 is 10.2 Å². The Morgan fingerprint density at radius 3 is 1.61 bits per heavy atom. The lowest BCUT2D eigenvalue weighted by atomic mass is 9.99. The first-order valence-electron chi connectivity index (χ1n) is 9.66. The lowest BCUT2D eigenvalue weighted by Crippen LogP contribution is -2.13. The first-order valence-corrected chi connectivity index (χ1v) is 9.66. The molecule has 0 aliphatic heterocycles. The third kappa shape index (κ3) is 4.35. The van der Waals surface area contributed by atoms with E-state index in [1.165, 1.54) is 0 Å². The molecule has 2 unspecified atom stereocenters. The van der Waals surface area contributed by atoms with Crippen LogP contribution >= 0.6 is 0 Å². The molecule has 0 saturated carbocycles. The van der Waals surface area contributed by atoms with Crippen molar-refractivity contribution in [3.63, 3.8) is 0 Å². The summed E-state index contributed by atoms with van der Waals surface area (Å²) in [5.74, 6) is 0. The Labute approximate surface area is 165 Å². The third-order valence-corrected chi connectivity index (χ3v) is 5.23. The summed E-state index contributed by atoms with van der Waals surface area (Å²) < 4.78 is 0. The minimum Gasteiger partial charge on any atom is -0.388 e. The van der Waals surface area contributed by atoms with Crippen molar-refractivity contribution in [1.82, 2.24) is 9.97 Å². The summed E-state index contributed by atoms with van der Waals surface area (Å²) in [7, 11) is 0. The molecule has 2 heterocycles. The van der Waals surface area contributed by atoms with E-state index in [1.807, 2.05) is 48.6 Å². The van der Waals surface area contributed by atoms with Crippen molar-refractivity contribution >= 4 is 0 Å². The summed E-state index contributed by atoms with van der Waals surface area (Å²) in [5.41, 5.74) is 5.70. The first kappa shape index (κ1) is 18.5. The minimum atomic E-state index is -0.479. The van der Waals surface area contributed by atoms with Crippen LogP contribution in [0.2, 0.25) is 0 Å². The van der Waals surface area contributed by atoms with Crippen molar-refractivity contribution in [3.8, 4) is 11.4 Å². The van der Waals surface area contributed by atoms with Crippen LogP contribution < -0.4 is 0 Å². The van der Waals surface area contributed by atoms with E-state index >= 15 is 0 Å². The summed E-state index contributed by atoms with van der Waals surface area (Å²) >= 11 is 0. The molecule has 0 amide bonds. The number of rotatable bonds is 7. The maximum absolute atomic E-state index is 10.4. The fraction of sp³-hybridized carbons (Fsp3) is 0.250. The smallest absolute Gasteiger partial charge is 0.0888 e. The quantitative estimate of drug-likeness (QED) is 0.777. The van der Waals surface area contributed by atoms with Gasteiger partial charge in [0, 0.05) is 25.2 Å². The number of aromatic nitrogens is 2. The van der Waals surface area contributed by atoms with E-state index in [0.717, 1.165) is 46.5 Å². The summed E-state index contributed by atoms with van der Waals surface area (Å²) in [5, 5.41) is 20.9. The molecule has 0 radical (unpaired) electrons. The monoisotopic (exact) mass is 372 g/mol. The van der Waals surface area contributed by atoms with Crippen LogP contribution in [0, 0.1) is 0 Å². The number of hydrogen-bond donors (Lipinski definition) is 2. The van der Waals surface area contributed by atoms with E-state index in [4.69, 9.17) is 0 Å². The highest BCUT2D eigenvalue weighted by Gasteiger charge is 2.15. The molecule has 2 aromatic rings. The Kier molecular flexibility index (Phi) is 5.60. The van der Waals surface area contributed by atoms with Gasteiger partial charge in [0.05, 0.1) is 23.6 Å². The summed E-state index contributed by atoms with van der Waals surface area (Å²) in [6.07, 6.45) is 17.4. The molecule has 4 heteroatoms. The Balaban J connectivity index is 1.48. The van der Waals surface area contributed by atoms with Gasteiger partial charge in [-0.05, 0) is 59.4 Å². The van der Waals surface area contributed by atoms with Crippen molar-refractivity contribution in [2.45, 2.75) is 37.9 Å².